The second kappa shape index (κ2) is 5.05. The van der Waals surface area contributed by atoms with Gasteiger partial charge in [0, 0.05) is 4.47 Å². The molecule has 0 saturated heterocycles. The van der Waals surface area contributed by atoms with Crippen LogP contribution in [0.3, 0.4) is 0 Å². The van der Waals surface area contributed by atoms with Crippen molar-refractivity contribution in [1.29, 1.82) is 0 Å². The highest BCUT2D eigenvalue weighted by atomic mass is 79.9. The summed E-state index contributed by atoms with van der Waals surface area (Å²) in [5.74, 6) is 0.840. The highest BCUT2D eigenvalue weighted by molar-refractivity contribution is 9.10. The molecule has 0 N–H and O–H groups in total. The molecule has 0 atom stereocenters. The van der Waals surface area contributed by atoms with Gasteiger partial charge < -0.3 is 9.47 Å². The fourth-order valence-corrected chi connectivity index (χ4v) is 1.73. The van der Waals surface area contributed by atoms with Gasteiger partial charge in [-0.1, -0.05) is 15.9 Å². The molecule has 0 spiro atoms. The molecule has 1 aromatic rings. The molecule has 0 fully saturated rings. The Morgan fingerprint density at radius 3 is 2.64 bits per heavy atom. The van der Waals surface area contributed by atoms with E-state index in [4.69, 9.17) is 9.47 Å². The third-order valence-corrected chi connectivity index (χ3v) is 2.58. The van der Waals surface area contributed by atoms with Crippen molar-refractivity contribution >= 4 is 21.5 Å². The Bertz CT molecular complexity index is 345. The fraction of sp³-hybridized carbons (Fsp3) is 0.273. The van der Waals surface area contributed by atoms with Crippen molar-refractivity contribution in [3.63, 3.8) is 0 Å². The highest BCUT2D eigenvalue weighted by Crippen LogP contribution is 2.28. The maximum atomic E-state index is 5.15. The summed E-state index contributed by atoms with van der Waals surface area (Å²) >= 11 is 3.48. The van der Waals surface area contributed by atoms with Crippen LogP contribution in [0, 0.1) is 0 Å². The zero-order valence-corrected chi connectivity index (χ0v) is 10.1. The lowest BCUT2D eigenvalue weighted by Gasteiger charge is -2.07. The molecule has 0 aliphatic rings. The molecule has 0 radical (unpaired) electrons. The van der Waals surface area contributed by atoms with Gasteiger partial charge in [-0.3, -0.25) is 0 Å². The number of rotatable bonds is 3. The molecule has 2 nitrogen and oxygen atoms in total. The first kappa shape index (κ1) is 11.1. The van der Waals surface area contributed by atoms with E-state index >= 15 is 0 Å². The van der Waals surface area contributed by atoms with Gasteiger partial charge in [-0.15, -0.1) is 0 Å². The van der Waals surface area contributed by atoms with E-state index in [1.807, 2.05) is 25.1 Å². The number of halogens is 1. The van der Waals surface area contributed by atoms with E-state index in [2.05, 4.69) is 15.9 Å². The summed E-state index contributed by atoms with van der Waals surface area (Å²) < 4.78 is 11.1. The highest BCUT2D eigenvalue weighted by Gasteiger charge is 2.03. The largest absolute Gasteiger partial charge is 0.504 e. The number of benzene rings is 1. The van der Waals surface area contributed by atoms with Gasteiger partial charge in [-0.25, -0.2) is 0 Å². The quantitative estimate of drug-likeness (QED) is 0.772. The van der Waals surface area contributed by atoms with Gasteiger partial charge in [0.25, 0.3) is 0 Å². The molecular weight excluding hydrogens is 244 g/mol. The van der Waals surface area contributed by atoms with Crippen molar-refractivity contribution < 1.29 is 9.47 Å². The third kappa shape index (κ3) is 2.51. The Balaban J connectivity index is 3.12. The first-order valence-corrected chi connectivity index (χ1v) is 5.02. The van der Waals surface area contributed by atoms with E-state index < -0.39 is 0 Å². The van der Waals surface area contributed by atoms with E-state index in [1.165, 1.54) is 0 Å². The fourth-order valence-electron chi connectivity index (χ4n) is 1.17. The van der Waals surface area contributed by atoms with Gasteiger partial charge in [0.1, 0.15) is 5.75 Å². The first-order chi connectivity index (χ1) is 6.69. The summed E-state index contributed by atoms with van der Waals surface area (Å²) in [6, 6.07) is 5.84. The maximum absolute atomic E-state index is 5.15. The predicted molar refractivity (Wildman–Crippen MR) is 61.4 cm³/mol. The summed E-state index contributed by atoms with van der Waals surface area (Å²) in [5.41, 5.74) is 2.13. The van der Waals surface area contributed by atoms with Gasteiger partial charge in [0.15, 0.2) is 0 Å². The second-order valence-electron chi connectivity index (χ2n) is 2.88. The summed E-state index contributed by atoms with van der Waals surface area (Å²) in [6.07, 6.45) is 1.71. The number of hydrogen-bond donors (Lipinski definition) is 0. The van der Waals surface area contributed by atoms with E-state index in [0.29, 0.717) is 0 Å². The SMILES string of the molecule is CO/C=C(\C)c1cc(OC)ccc1Br. The van der Waals surface area contributed by atoms with Crippen molar-refractivity contribution in [2.45, 2.75) is 6.92 Å². The van der Waals surface area contributed by atoms with Crippen molar-refractivity contribution in [3.8, 4) is 5.75 Å². The minimum absolute atomic E-state index is 0.840. The Labute approximate surface area is 92.7 Å². The summed E-state index contributed by atoms with van der Waals surface area (Å²) in [7, 11) is 3.29. The van der Waals surface area contributed by atoms with Crippen LogP contribution in [0.1, 0.15) is 12.5 Å². The number of hydrogen-bond acceptors (Lipinski definition) is 2. The van der Waals surface area contributed by atoms with Crippen LogP contribution in [0.5, 0.6) is 5.75 Å². The van der Waals surface area contributed by atoms with Crippen molar-refractivity contribution in [2.75, 3.05) is 14.2 Å². The lowest BCUT2D eigenvalue weighted by Crippen LogP contribution is -1.87. The van der Waals surface area contributed by atoms with E-state index in [9.17, 15) is 0 Å². The summed E-state index contributed by atoms with van der Waals surface area (Å²) in [6.45, 7) is 1.99. The van der Waals surface area contributed by atoms with Gasteiger partial charge >= 0.3 is 0 Å². The Morgan fingerprint density at radius 2 is 2.07 bits per heavy atom. The smallest absolute Gasteiger partial charge is 0.119 e. The van der Waals surface area contributed by atoms with Crippen LogP contribution >= 0.6 is 15.9 Å². The normalized spacial score (nSPS) is 11.3. The van der Waals surface area contributed by atoms with Crippen LogP contribution in [0.4, 0.5) is 0 Å². The molecule has 76 valence electrons. The number of ether oxygens (including phenoxy) is 2. The summed E-state index contributed by atoms with van der Waals surface area (Å²) in [4.78, 5) is 0. The van der Waals surface area contributed by atoms with E-state index in [1.54, 1.807) is 20.5 Å². The molecule has 3 heteroatoms. The molecule has 0 amide bonds. The maximum Gasteiger partial charge on any atom is 0.119 e. The van der Waals surface area contributed by atoms with Gasteiger partial charge in [0.05, 0.1) is 20.5 Å². The molecule has 0 unspecified atom stereocenters. The third-order valence-electron chi connectivity index (χ3n) is 1.89. The molecule has 0 heterocycles. The molecular formula is C11H13BrO2. The average molecular weight is 257 g/mol. The second-order valence-corrected chi connectivity index (χ2v) is 3.74. The van der Waals surface area contributed by atoms with Crippen molar-refractivity contribution in [2.24, 2.45) is 0 Å². The van der Waals surface area contributed by atoms with Crippen LogP contribution in [-0.4, -0.2) is 14.2 Å². The lowest BCUT2D eigenvalue weighted by molar-refractivity contribution is 0.339. The molecule has 0 bridgehead atoms. The number of methoxy groups -OCH3 is 2. The van der Waals surface area contributed by atoms with Crippen molar-refractivity contribution in [3.05, 3.63) is 34.5 Å². The van der Waals surface area contributed by atoms with E-state index in [0.717, 1.165) is 21.4 Å². The topological polar surface area (TPSA) is 18.5 Å². The van der Waals surface area contributed by atoms with Crippen LogP contribution in [0.2, 0.25) is 0 Å². The summed E-state index contributed by atoms with van der Waals surface area (Å²) in [5, 5.41) is 0. The van der Waals surface area contributed by atoms with Crippen LogP contribution in [-0.2, 0) is 4.74 Å². The molecule has 0 aromatic heterocycles. The minimum Gasteiger partial charge on any atom is -0.504 e. The van der Waals surface area contributed by atoms with Gasteiger partial charge in [-0.05, 0) is 36.3 Å². The number of allylic oxidation sites excluding steroid dienone is 1. The Kier molecular flexibility index (Phi) is 4.01. The molecule has 1 rings (SSSR count). The zero-order chi connectivity index (χ0) is 10.6. The van der Waals surface area contributed by atoms with Crippen LogP contribution < -0.4 is 4.74 Å². The zero-order valence-electron chi connectivity index (χ0n) is 8.50. The van der Waals surface area contributed by atoms with Crippen LogP contribution in [0.25, 0.3) is 5.57 Å². The molecule has 0 aliphatic heterocycles. The first-order valence-electron chi connectivity index (χ1n) is 4.22. The van der Waals surface area contributed by atoms with E-state index in [-0.39, 0.29) is 0 Å². The van der Waals surface area contributed by atoms with Crippen LogP contribution in [0.15, 0.2) is 28.9 Å². The van der Waals surface area contributed by atoms with Gasteiger partial charge in [0.2, 0.25) is 0 Å². The molecule has 14 heavy (non-hydrogen) atoms. The minimum atomic E-state index is 0.840. The van der Waals surface area contributed by atoms with Crippen molar-refractivity contribution in [1.82, 2.24) is 0 Å². The average Bonchev–Trinajstić information content (AvgIpc) is 2.19. The Hall–Kier alpha value is -0.960. The molecule has 0 saturated carbocycles. The molecule has 1 aromatic carbocycles. The predicted octanol–water partition coefficient (Wildman–Crippen LogP) is 3.46. The standard InChI is InChI=1S/C11H13BrO2/c1-8(7-13-2)10-6-9(14-3)4-5-11(10)12/h4-7H,1-3H3/b8-7+. The lowest BCUT2D eigenvalue weighted by atomic mass is 10.1. The molecule has 0 aliphatic carbocycles. The Morgan fingerprint density at radius 1 is 1.36 bits per heavy atom. The van der Waals surface area contributed by atoms with Gasteiger partial charge in [-0.2, -0.15) is 0 Å². The monoisotopic (exact) mass is 256 g/mol.